The van der Waals surface area contributed by atoms with E-state index in [1.54, 1.807) is 18.2 Å². The van der Waals surface area contributed by atoms with Crippen molar-refractivity contribution >= 4 is 11.9 Å². The van der Waals surface area contributed by atoms with Crippen LogP contribution >= 0.6 is 0 Å². The first kappa shape index (κ1) is 15.3. The van der Waals surface area contributed by atoms with E-state index in [9.17, 15) is 19.8 Å². The van der Waals surface area contributed by atoms with Gasteiger partial charge in [-0.15, -0.1) is 0 Å². The van der Waals surface area contributed by atoms with Crippen molar-refractivity contribution in [3.05, 3.63) is 46.6 Å². The summed E-state index contributed by atoms with van der Waals surface area (Å²) in [5, 5.41) is 19.0. The molecule has 1 fully saturated rings. The van der Waals surface area contributed by atoms with E-state index >= 15 is 0 Å². The molecule has 2 N–H and O–H groups in total. The minimum Gasteiger partial charge on any atom is -0.478 e. The van der Waals surface area contributed by atoms with Crippen LogP contribution in [0.15, 0.2) is 46.6 Å². The predicted octanol–water partition coefficient (Wildman–Crippen LogP) is 3.48. The van der Waals surface area contributed by atoms with E-state index in [0.29, 0.717) is 29.6 Å². The molecule has 0 aromatic carbocycles. The lowest BCUT2D eigenvalue weighted by Crippen LogP contribution is -2.17. The zero-order chi connectivity index (χ0) is 15.6. The van der Waals surface area contributed by atoms with Crippen LogP contribution in [-0.2, 0) is 9.59 Å². The number of rotatable bonds is 5. The second kappa shape index (κ2) is 5.72. The summed E-state index contributed by atoms with van der Waals surface area (Å²) in [7, 11) is 0. The van der Waals surface area contributed by atoms with E-state index in [0.717, 1.165) is 12.8 Å². The molecule has 2 aliphatic rings. The standard InChI is InChI=1S/C17H20O4/c1-3-6-13(15(18)19)11-7-4-5-8-12(11)14(16(20)21)17(2)9-10-17/h4-7H,3,8-10H2,1-2H3,(H,18,19)(H,20,21). The first-order valence-electron chi connectivity index (χ1n) is 7.18. The highest BCUT2D eigenvalue weighted by Gasteiger charge is 2.46. The van der Waals surface area contributed by atoms with Gasteiger partial charge in [0.15, 0.2) is 0 Å². The van der Waals surface area contributed by atoms with Crippen LogP contribution in [0.1, 0.15) is 39.5 Å². The molecule has 0 amide bonds. The summed E-state index contributed by atoms with van der Waals surface area (Å²) >= 11 is 0. The zero-order valence-corrected chi connectivity index (χ0v) is 12.3. The number of aliphatic carboxylic acids is 2. The topological polar surface area (TPSA) is 74.6 Å². The molecule has 0 atom stereocenters. The smallest absolute Gasteiger partial charge is 0.335 e. The molecule has 0 radical (unpaired) electrons. The average Bonchev–Trinajstić information content (AvgIpc) is 3.14. The van der Waals surface area contributed by atoms with E-state index in [4.69, 9.17) is 0 Å². The summed E-state index contributed by atoms with van der Waals surface area (Å²) in [5.41, 5.74) is 1.44. The molecular formula is C17H20O4. The Kier molecular flexibility index (Phi) is 4.16. The van der Waals surface area contributed by atoms with Crippen LogP contribution in [0.2, 0.25) is 0 Å². The van der Waals surface area contributed by atoms with Gasteiger partial charge in [0, 0.05) is 11.0 Å². The zero-order valence-electron chi connectivity index (χ0n) is 12.3. The van der Waals surface area contributed by atoms with Crippen LogP contribution in [0.4, 0.5) is 0 Å². The van der Waals surface area contributed by atoms with Gasteiger partial charge in [0.05, 0.1) is 5.57 Å². The Labute approximate surface area is 124 Å². The fraction of sp³-hybridized carbons (Fsp3) is 0.412. The molecule has 0 bridgehead atoms. The number of hydrogen-bond donors (Lipinski definition) is 2. The first-order valence-corrected chi connectivity index (χ1v) is 7.18. The molecular weight excluding hydrogens is 268 g/mol. The minimum atomic E-state index is -1.01. The Balaban J connectivity index is 2.59. The molecule has 0 spiro atoms. The molecule has 0 aromatic rings. The van der Waals surface area contributed by atoms with E-state index in [1.165, 1.54) is 0 Å². The van der Waals surface area contributed by atoms with Gasteiger partial charge in [-0.05, 0) is 36.8 Å². The number of carbonyl (C=O) groups is 2. The summed E-state index contributed by atoms with van der Waals surface area (Å²) in [4.78, 5) is 23.2. The van der Waals surface area contributed by atoms with E-state index in [-0.39, 0.29) is 11.0 Å². The monoisotopic (exact) mass is 288 g/mol. The van der Waals surface area contributed by atoms with Gasteiger partial charge >= 0.3 is 11.9 Å². The van der Waals surface area contributed by atoms with Crippen LogP contribution in [-0.4, -0.2) is 22.2 Å². The molecule has 0 saturated heterocycles. The van der Waals surface area contributed by atoms with Crippen molar-refractivity contribution < 1.29 is 19.8 Å². The fourth-order valence-electron chi connectivity index (χ4n) is 2.76. The Morgan fingerprint density at radius 3 is 2.43 bits per heavy atom. The lowest BCUT2D eigenvalue weighted by atomic mass is 9.82. The van der Waals surface area contributed by atoms with Gasteiger partial charge in [0.1, 0.15) is 0 Å². The highest BCUT2D eigenvalue weighted by atomic mass is 16.4. The maximum Gasteiger partial charge on any atom is 0.335 e. The Bertz CT molecular complexity index is 598. The molecule has 4 heteroatoms. The van der Waals surface area contributed by atoms with E-state index < -0.39 is 11.9 Å². The molecule has 1 saturated carbocycles. The normalized spacial score (nSPS) is 22.6. The highest BCUT2D eigenvalue weighted by molar-refractivity contribution is 5.97. The number of allylic oxidation sites excluding steroid dienone is 5. The maximum atomic E-state index is 11.7. The van der Waals surface area contributed by atoms with Crippen molar-refractivity contribution in [3.8, 4) is 0 Å². The molecule has 2 rings (SSSR count). The van der Waals surface area contributed by atoms with Gasteiger partial charge in [-0.3, -0.25) is 0 Å². The van der Waals surface area contributed by atoms with Gasteiger partial charge in [0.25, 0.3) is 0 Å². The van der Waals surface area contributed by atoms with Gasteiger partial charge in [0.2, 0.25) is 0 Å². The van der Waals surface area contributed by atoms with Gasteiger partial charge < -0.3 is 10.2 Å². The third-order valence-electron chi connectivity index (χ3n) is 4.09. The lowest BCUT2D eigenvalue weighted by molar-refractivity contribution is -0.134. The Morgan fingerprint density at radius 1 is 1.29 bits per heavy atom. The number of hydrogen-bond acceptors (Lipinski definition) is 2. The van der Waals surface area contributed by atoms with E-state index in [1.807, 2.05) is 19.9 Å². The molecule has 2 aliphatic carbocycles. The third-order valence-corrected chi connectivity index (χ3v) is 4.09. The van der Waals surface area contributed by atoms with Gasteiger partial charge in [-0.1, -0.05) is 38.2 Å². The molecule has 0 unspecified atom stereocenters. The van der Waals surface area contributed by atoms with Crippen molar-refractivity contribution in [1.29, 1.82) is 0 Å². The molecule has 21 heavy (non-hydrogen) atoms. The van der Waals surface area contributed by atoms with Crippen LogP contribution in [0.25, 0.3) is 0 Å². The minimum absolute atomic E-state index is 0.194. The summed E-state index contributed by atoms with van der Waals surface area (Å²) in [6.45, 7) is 3.80. The van der Waals surface area contributed by atoms with Crippen molar-refractivity contribution in [2.75, 3.05) is 0 Å². The second-order valence-electron chi connectivity index (χ2n) is 5.76. The highest BCUT2D eigenvalue weighted by Crippen LogP contribution is 2.54. The van der Waals surface area contributed by atoms with Crippen molar-refractivity contribution in [2.45, 2.75) is 39.5 Å². The average molecular weight is 288 g/mol. The SMILES string of the molecule is CCC=C(C(=O)O)C1=CC=CCC1=C(C(=O)O)C1(C)CC1. The summed E-state index contributed by atoms with van der Waals surface area (Å²) in [5.74, 6) is -1.95. The van der Waals surface area contributed by atoms with Crippen LogP contribution < -0.4 is 0 Å². The van der Waals surface area contributed by atoms with Crippen molar-refractivity contribution in [3.63, 3.8) is 0 Å². The quantitative estimate of drug-likeness (QED) is 0.759. The lowest BCUT2D eigenvalue weighted by Gasteiger charge is -2.21. The molecule has 0 aliphatic heterocycles. The predicted molar refractivity (Wildman–Crippen MR) is 79.9 cm³/mol. The van der Waals surface area contributed by atoms with Crippen LogP contribution in [0, 0.1) is 5.41 Å². The second-order valence-corrected chi connectivity index (χ2v) is 5.76. The Morgan fingerprint density at radius 2 is 1.95 bits per heavy atom. The van der Waals surface area contributed by atoms with Crippen molar-refractivity contribution in [2.24, 2.45) is 5.41 Å². The molecule has 112 valence electrons. The van der Waals surface area contributed by atoms with Gasteiger partial charge in [-0.25, -0.2) is 9.59 Å². The van der Waals surface area contributed by atoms with Crippen LogP contribution in [0.3, 0.4) is 0 Å². The first-order chi connectivity index (χ1) is 9.90. The fourth-order valence-corrected chi connectivity index (χ4v) is 2.76. The number of carboxylic acids is 2. The molecule has 0 aromatic heterocycles. The largest absolute Gasteiger partial charge is 0.478 e. The molecule has 0 heterocycles. The van der Waals surface area contributed by atoms with Gasteiger partial charge in [-0.2, -0.15) is 0 Å². The van der Waals surface area contributed by atoms with Crippen LogP contribution in [0.5, 0.6) is 0 Å². The summed E-state index contributed by atoms with van der Waals surface area (Å²) < 4.78 is 0. The summed E-state index contributed by atoms with van der Waals surface area (Å²) in [6, 6.07) is 0. The third kappa shape index (κ3) is 2.99. The van der Waals surface area contributed by atoms with E-state index in [2.05, 4.69) is 0 Å². The van der Waals surface area contributed by atoms with Crippen molar-refractivity contribution in [1.82, 2.24) is 0 Å². The Hall–Kier alpha value is -2.10. The number of carboxylic acid groups (broad SMARTS) is 2. The maximum absolute atomic E-state index is 11.7. The summed E-state index contributed by atoms with van der Waals surface area (Å²) in [6.07, 6.45) is 9.77. The molecule has 4 nitrogen and oxygen atoms in total.